The Labute approximate surface area is 133 Å². The van der Waals surface area contributed by atoms with Gasteiger partial charge in [0, 0.05) is 32.1 Å². The van der Waals surface area contributed by atoms with Gasteiger partial charge in [0.2, 0.25) is 0 Å². The van der Waals surface area contributed by atoms with E-state index < -0.39 is 11.7 Å². The normalized spacial score (nSPS) is 11.4. The van der Waals surface area contributed by atoms with E-state index in [4.69, 9.17) is 16.3 Å². The number of carbonyl (C=O) groups is 1. The van der Waals surface area contributed by atoms with Crippen molar-refractivity contribution in [1.82, 2.24) is 19.7 Å². The first-order valence-corrected chi connectivity index (χ1v) is 7.03. The third-order valence-corrected chi connectivity index (χ3v) is 3.13. The summed E-state index contributed by atoms with van der Waals surface area (Å²) >= 11 is 6.39. The Kier molecular flexibility index (Phi) is 4.37. The van der Waals surface area contributed by atoms with Crippen molar-refractivity contribution >= 4 is 23.5 Å². The van der Waals surface area contributed by atoms with E-state index in [0.717, 1.165) is 0 Å². The Morgan fingerprint density at radius 1 is 1.32 bits per heavy atom. The Hall–Kier alpha value is -2.15. The Balaban J connectivity index is 2.37. The van der Waals surface area contributed by atoms with Gasteiger partial charge in [0.1, 0.15) is 22.6 Å². The van der Waals surface area contributed by atoms with Crippen molar-refractivity contribution < 1.29 is 9.53 Å². The first kappa shape index (κ1) is 16.2. The largest absolute Gasteiger partial charge is 0.443 e. The van der Waals surface area contributed by atoms with E-state index in [2.05, 4.69) is 15.1 Å². The second kappa shape index (κ2) is 5.92. The number of hydrogen-bond donors (Lipinski definition) is 0. The molecule has 118 valence electrons. The zero-order valence-electron chi connectivity index (χ0n) is 13.2. The van der Waals surface area contributed by atoms with Gasteiger partial charge in [-0.25, -0.2) is 14.8 Å². The number of hydrogen-bond acceptors (Lipinski definition) is 5. The molecule has 0 atom stereocenters. The van der Waals surface area contributed by atoms with Gasteiger partial charge in [0.25, 0.3) is 0 Å². The molecule has 0 radical (unpaired) electrons. The molecule has 7 nitrogen and oxygen atoms in total. The lowest BCUT2D eigenvalue weighted by Crippen LogP contribution is -2.35. The van der Waals surface area contributed by atoms with Crippen LogP contribution in [0.2, 0.25) is 5.02 Å². The quantitative estimate of drug-likeness (QED) is 0.849. The van der Waals surface area contributed by atoms with Gasteiger partial charge in [-0.3, -0.25) is 9.58 Å². The van der Waals surface area contributed by atoms with Crippen molar-refractivity contribution in [3.63, 3.8) is 0 Å². The summed E-state index contributed by atoms with van der Waals surface area (Å²) in [7, 11) is 3.29. The van der Waals surface area contributed by atoms with Crippen molar-refractivity contribution in [3.8, 4) is 11.3 Å². The first-order valence-electron chi connectivity index (χ1n) is 6.65. The summed E-state index contributed by atoms with van der Waals surface area (Å²) in [6.45, 7) is 5.41. The van der Waals surface area contributed by atoms with Crippen LogP contribution in [0.3, 0.4) is 0 Å². The second-order valence-corrected chi connectivity index (χ2v) is 6.15. The summed E-state index contributed by atoms with van der Waals surface area (Å²) in [5, 5.41) is 4.67. The number of aryl methyl sites for hydroxylation is 1. The van der Waals surface area contributed by atoms with Gasteiger partial charge in [-0.15, -0.1) is 0 Å². The third-order valence-electron chi connectivity index (χ3n) is 2.78. The van der Waals surface area contributed by atoms with Gasteiger partial charge in [-0.05, 0) is 20.8 Å². The number of anilines is 1. The monoisotopic (exact) mass is 323 g/mol. The molecule has 0 bridgehead atoms. The van der Waals surface area contributed by atoms with Crippen LogP contribution in [0, 0.1) is 0 Å². The minimum atomic E-state index is -0.591. The zero-order valence-corrected chi connectivity index (χ0v) is 13.9. The summed E-state index contributed by atoms with van der Waals surface area (Å²) in [6, 6.07) is 0. The van der Waals surface area contributed by atoms with Gasteiger partial charge in [-0.2, -0.15) is 5.10 Å². The molecular weight excluding hydrogens is 306 g/mol. The van der Waals surface area contributed by atoms with E-state index in [1.54, 1.807) is 47.3 Å². The molecule has 8 heteroatoms. The number of ether oxygens (including phenoxy) is 1. The van der Waals surface area contributed by atoms with Crippen molar-refractivity contribution in [2.75, 3.05) is 11.9 Å². The van der Waals surface area contributed by atoms with Gasteiger partial charge < -0.3 is 4.74 Å². The molecule has 0 saturated heterocycles. The molecule has 0 aromatic carbocycles. The fraction of sp³-hybridized carbons (Fsp3) is 0.429. The van der Waals surface area contributed by atoms with Crippen LogP contribution in [-0.4, -0.2) is 38.5 Å². The number of carbonyl (C=O) groups excluding carboxylic acids is 1. The highest BCUT2D eigenvalue weighted by Gasteiger charge is 2.26. The highest BCUT2D eigenvalue weighted by atomic mass is 35.5. The van der Waals surface area contributed by atoms with E-state index in [1.807, 2.05) is 0 Å². The van der Waals surface area contributed by atoms with E-state index in [0.29, 0.717) is 22.1 Å². The molecule has 1 amide bonds. The van der Waals surface area contributed by atoms with Crippen LogP contribution in [0.5, 0.6) is 0 Å². The molecule has 2 aromatic rings. The molecule has 0 unspecified atom stereocenters. The van der Waals surface area contributed by atoms with Gasteiger partial charge in [-0.1, -0.05) is 11.6 Å². The molecule has 2 heterocycles. The lowest BCUT2D eigenvalue weighted by atomic mass is 10.2. The highest BCUT2D eigenvalue weighted by molar-refractivity contribution is 6.36. The number of halogens is 1. The average Bonchev–Trinajstić information content (AvgIpc) is 2.72. The van der Waals surface area contributed by atoms with Crippen molar-refractivity contribution in [2.45, 2.75) is 26.4 Å². The van der Waals surface area contributed by atoms with Crippen molar-refractivity contribution in [1.29, 1.82) is 0 Å². The summed E-state index contributed by atoms with van der Waals surface area (Å²) in [5.74, 6) is 0.440. The average molecular weight is 324 g/mol. The number of amides is 1. The summed E-state index contributed by atoms with van der Waals surface area (Å²) in [6.07, 6.45) is 4.14. The standard InChI is InChI=1S/C14H18ClN5O2/c1-14(2,3)22-13(21)19(4)12-10(15)11(18-20(12)5)9-6-16-8-17-7-9/h6-8H,1-5H3. The number of rotatable bonds is 2. The SMILES string of the molecule is CN(C(=O)OC(C)(C)C)c1c(Cl)c(-c2cncnc2)nn1C. The lowest BCUT2D eigenvalue weighted by Gasteiger charge is -2.24. The first-order chi connectivity index (χ1) is 10.2. The van der Waals surface area contributed by atoms with Crippen LogP contribution in [0.1, 0.15) is 20.8 Å². The molecule has 22 heavy (non-hydrogen) atoms. The van der Waals surface area contributed by atoms with Crippen LogP contribution in [0.4, 0.5) is 10.6 Å². The molecule has 0 N–H and O–H groups in total. The van der Waals surface area contributed by atoms with Crippen LogP contribution in [0.25, 0.3) is 11.3 Å². The molecule has 0 aliphatic heterocycles. The van der Waals surface area contributed by atoms with Crippen LogP contribution >= 0.6 is 11.6 Å². The smallest absolute Gasteiger partial charge is 0.415 e. The van der Waals surface area contributed by atoms with Crippen LogP contribution < -0.4 is 4.90 Å². The third kappa shape index (κ3) is 3.36. The van der Waals surface area contributed by atoms with Gasteiger partial charge >= 0.3 is 6.09 Å². The molecule has 0 spiro atoms. The maximum atomic E-state index is 12.2. The molecule has 0 saturated carbocycles. The molecule has 0 aliphatic rings. The lowest BCUT2D eigenvalue weighted by molar-refractivity contribution is 0.0587. The van der Waals surface area contributed by atoms with E-state index >= 15 is 0 Å². The molecule has 0 fully saturated rings. The Morgan fingerprint density at radius 2 is 1.91 bits per heavy atom. The molecular formula is C14H18ClN5O2. The van der Waals surface area contributed by atoms with Crippen molar-refractivity contribution in [2.24, 2.45) is 7.05 Å². The summed E-state index contributed by atoms with van der Waals surface area (Å²) in [5.41, 5.74) is 0.592. The van der Waals surface area contributed by atoms with Gasteiger partial charge in [0.15, 0.2) is 5.82 Å². The van der Waals surface area contributed by atoms with E-state index in [-0.39, 0.29) is 0 Å². The minimum absolute atomic E-state index is 0.339. The minimum Gasteiger partial charge on any atom is -0.443 e. The predicted molar refractivity (Wildman–Crippen MR) is 83.9 cm³/mol. The topological polar surface area (TPSA) is 73.1 Å². The number of aromatic nitrogens is 4. The molecule has 2 aromatic heterocycles. The van der Waals surface area contributed by atoms with E-state index in [9.17, 15) is 4.79 Å². The van der Waals surface area contributed by atoms with E-state index in [1.165, 1.54) is 15.9 Å². The van der Waals surface area contributed by atoms with Gasteiger partial charge in [0.05, 0.1) is 0 Å². The molecule has 0 aliphatic carbocycles. The maximum absolute atomic E-state index is 12.2. The zero-order chi connectivity index (χ0) is 16.5. The predicted octanol–water partition coefficient (Wildman–Crippen LogP) is 2.90. The van der Waals surface area contributed by atoms with Crippen molar-refractivity contribution in [3.05, 3.63) is 23.7 Å². The number of nitrogens with zero attached hydrogens (tertiary/aromatic N) is 5. The molecule has 2 rings (SSSR count). The fourth-order valence-electron chi connectivity index (χ4n) is 1.88. The second-order valence-electron chi connectivity index (χ2n) is 5.78. The maximum Gasteiger partial charge on any atom is 0.415 e. The Morgan fingerprint density at radius 3 is 2.45 bits per heavy atom. The fourth-order valence-corrected chi connectivity index (χ4v) is 2.27. The summed E-state index contributed by atoms with van der Waals surface area (Å²) < 4.78 is 6.86. The highest BCUT2D eigenvalue weighted by Crippen LogP contribution is 2.34. The Bertz CT molecular complexity index is 679. The summed E-state index contributed by atoms with van der Waals surface area (Å²) in [4.78, 5) is 21.4. The van der Waals surface area contributed by atoms with Crippen LogP contribution in [-0.2, 0) is 11.8 Å². The van der Waals surface area contributed by atoms with Crippen LogP contribution in [0.15, 0.2) is 18.7 Å².